The Hall–Kier alpha value is -0.0500. The Morgan fingerprint density at radius 1 is 1.30 bits per heavy atom. The molecule has 0 aromatic carbocycles. The lowest BCUT2D eigenvalue weighted by molar-refractivity contribution is -0.873. The second-order valence-electron chi connectivity index (χ2n) is 5.86. The maximum absolute atomic E-state index is 11.6. The lowest BCUT2D eigenvalue weighted by Gasteiger charge is -2.33. The van der Waals surface area contributed by atoms with E-state index in [1.807, 2.05) is 21.1 Å². The number of aliphatic hydroxyl groups excluding tert-OH is 3. The number of quaternary nitrogens is 1. The maximum atomic E-state index is 11.6. The van der Waals surface area contributed by atoms with Crippen molar-refractivity contribution in [3.63, 3.8) is 0 Å². The second kappa shape index (κ2) is 8.41. The van der Waals surface area contributed by atoms with Gasteiger partial charge in [-0.1, -0.05) is 0 Å². The normalized spacial score (nSPS) is 20.2. The molecule has 0 radical (unpaired) electrons. The first-order chi connectivity index (χ1) is 8.95. The van der Waals surface area contributed by atoms with Crippen molar-refractivity contribution in [1.29, 1.82) is 0 Å². The van der Waals surface area contributed by atoms with Crippen LogP contribution in [0.25, 0.3) is 0 Å². The molecule has 0 heterocycles. The first-order valence-electron chi connectivity index (χ1n) is 6.36. The van der Waals surface area contributed by atoms with Crippen LogP contribution >= 0.6 is 7.82 Å². The summed E-state index contributed by atoms with van der Waals surface area (Å²) in [7, 11) is 0.956. The van der Waals surface area contributed by atoms with Crippen LogP contribution in [0.1, 0.15) is 13.3 Å². The first-order valence-corrected chi connectivity index (χ1v) is 7.82. The summed E-state index contributed by atoms with van der Waals surface area (Å²) >= 11 is 0. The molecule has 0 aliphatic heterocycles. The number of phosphoric acid groups is 1. The number of likely N-dealkylation sites (N-methyl/N-ethyl adjacent to an activating group) is 1. The second-order valence-corrected chi connectivity index (χ2v) is 7.23. The number of hydrogen-bond donors (Lipinski definition) is 3. The topological polar surface area (TPSA) is 119 Å². The van der Waals surface area contributed by atoms with Gasteiger partial charge in [0.05, 0.1) is 46.6 Å². The van der Waals surface area contributed by atoms with E-state index in [9.17, 15) is 14.6 Å². The van der Waals surface area contributed by atoms with Crippen LogP contribution in [-0.2, 0) is 13.6 Å². The van der Waals surface area contributed by atoms with Gasteiger partial charge in [-0.05, 0) is 6.92 Å². The van der Waals surface area contributed by atoms with Gasteiger partial charge in [-0.2, -0.15) is 0 Å². The van der Waals surface area contributed by atoms with E-state index in [-0.39, 0.29) is 13.0 Å². The Balaban J connectivity index is 4.65. The molecule has 0 fully saturated rings. The van der Waals surface area contributed by atoms with Crippen LogP contribution in [0.3, 0.4) is 0 Å². The Morgan fingerprint density at radius 2 is 1.85 bits per heavy atom. The Morgan fingerprint density at radius 3 is 2.25 bits per heavy atom. The number of aliphatic hydroxyl groups is 3. The number of hydrogen-bond acceptors (Lipinski definition) is 7. The fourth-order valence-electron chi connectivity index (χ4n) is 1.55. The average molecular weight is 315 g/mol. The summed E-state index contributed by atoms with van der Waals surface area (Å²) in [5.74, 6) is 0. The molecule has 0 aromatic heterocycles. The Labute approximate surface area is 119 Å². The fraction of sp³-hybridized carbons (Fsp3) is 1.00. The zero-order valence-electron chi connectivity index (χ0n) is 12.4. The van der Waals surface area contributed by atoms with E-state index >= 15 is 0 Å². The van der Waals surface area contributed by atoms with Gasteiger partial charge in [0.25, 0.3) is 7.82 Å². The average Bonchev–Trinajstić information content (AvgIpc) is 2.23. The van der Waals surface area contributed by atoms with Gasteiger partial charge in [-0.3, -0.25) is 4.57 Å². The molecule has 9 heteroatoms. The summed E-state index contributed by atoms with van der Waals surface area (Å²) in [5.41, 5.74) is 0. The van der Waals surface area contributed by atoms with Gasteiger partial charge in [0.2, 0.25) is 0 Å². The van der Waals surface area contributed by atoms with Gasteiger partial charge in [-0.25, -0.2) is 0 Å². The molecule has 122 valence electrons. The van der Waals surface area contributed by atoms with E-state index < -0.39 is 32.7 Å². The molecular formula is C11H26NO7P. The van der Waals surface area contributed by atoms with E-state index in [1.54, 1.807) is 0 Å². The summed E-state index contributed by atoms with van der Waals surface area (Å²) in [4.78, 5) is 11.6. The summed E-state index contributed by atoms with van der Waals surface area (Å²) in [6.07, 6.45) is -2.85. The molecule has 0 amide bonds. The SMILES string of the molecule is CC(O)COP(=O)([O-])OC(CC(O)CO)C[N+](C)(C)C. The van der Waals surface area contributed by atoms with Crippen LogP contribution in [-0.4, -0.2) is 79.0 Å². The molecule has 0 saturated heterocycles. The van der Waals surface area contributed by atoms with Crippen LogP contribution < -0.4 is 4.89 Å². The molecule has 0 rings (SSSR count). The third kappa shape index (κ3) is 10.7. The van der Waals surface area contributed by atoms with Crippen molar-refractivity contribution in [3.05, 3.63) is 0 Å². The molecule has 3 N–H and O–H groups in total. The van der Waals surface area contributed by atoms with Gasteiger partial charge >= 0.3 is 0 Å². The van der Waals surface area contributed by atoms with Crippen molar-refractivity contribution in [3.8, 4) is 0 Å². The minimum atomic E-state index is -4.57. The van der Waals surface area contributed by atoms with Crippen LogP contribution in [0.4, 0.5) is 0 Å². The summed E-state index contributed by atoms with van der Waals surface area (Å²) < 4.78 is 21.5. The molecule has 0 aliphatic carbocycles. The minimum Gasteiger partial charge on any atom is -0.756 e. The number of rotatable bonds is 10. The van der Waals surface area contributed by atoms with Crippen molar-refractivity contribution in [2.24, 2.45) is 0 Å². The van der Waals surface area contributed by atoms with Crippen molar-refractivity contribution in [1.82, 2.24) is 0 Å². The third-order valence-electron chi connectivity index (χ3n) is 2.25. The van der Waals surface area contributed by atoms with Gasteiger partial charge < -0.3 is 33.7 Å². The number of phosphoric ester groups is 1. The summed E-state index contributed by atoms with van der Waals surface area (Å²) in [6.45, 7) is 0.829. The van der Waals surface area contributed by atoms with E-state index in [1.165, 1.54) is 6.92 Å². The molecule has 0 aromatic rings. The van der Waals surface area contributed by atoms with E-state index in [4.69, 9.17) is 14.7 Å². The minimum absolute atomic E-state index is 0.0315. The molecule has 4 unspecified atom stereocenters. The molecular weight excluding hydrogens is 289 g/mol. The predicted molar refractivity (Wildman–Crippen MR) is 70.7 cm³/mol. The van der Waals surface area contributed by atoms with Crippen molar-refractivity contribution in [2.75, 3.05) is 40.9 Å². The lowest BCUT2D eigenvalue weighted by atomic mass is 10.1. The largest absolute Gasteiger partial charge is 0.756 e. The third-order valence-corrected chi connectivity index (χ3v) is 3.27. The van der Waals surface area contributed by atoms with Crippen LogP contribution in [0.2, 0.25) is 0 Å². The zero-order valence-corrected chi connectivity index (χ0v) is 13.3. The van der Waals surface area contributed by atoms with E-state index in [2.05, 4.69) is 4.52 Å². The highest BCUT2D eigenvalue weighted by Crippen LogP contribution is 2.41. The van der Waals surface area contributed by atoms with Gasteiger partial charge in [0.15, 0.2) is 0 Å². The summed E-state index contributed by atoms with van der Waals surface area (Å²) in [5, 5.41) is 27.3. The monoisotopic (exact) mass is 315 g/mol. The highest BCUT2D eigenvalue weighted by Gasteiger charge is 2.26. The zero-order chi connectivity index (χ0) is 16.0. The van der Waals surface area contributed by atoms with Crippen LogP contribution in [0.5, 0.6) is 0 Å². The predicted octanol–water partition coefficient (Wildman–Crippen LogP) is -1.31. The number of nitrogens with zero attached hydrogens (tertiary/aromatic N) is 1. The summed E-state index contributed by atoms with van der Waals surface area (Å²) in [6, 6.07) is 0. The fourth-order valence-corrected chi connectivity index (χ4v) is 2.53. The molecule has 0 spiro atoms. The van der Waals surface area contributed by atoms with Crippen LogP contribution in [0.15, 0.2) is 0 Å². The Bertz CT molecular complexity index is 318. The van der Waals surface area contributed by atoms with E-state index in [0.29, 0.717) is 11.0 Å². The highest BCUT2D eigenvalue weighted by molar-refractivity contribution is 7.45. The highest BCUT2D eigenvalue weighted by atomic mass is 31.2. The van der Waals surface area contributed by atoms with Gasteiger partial charge in [-0.15, -0.1) is 0 Å². The van der Waals surface area contributed by atoms with Crippen molar-refractivity contribution >= 4 is 7.82 Å². The van der Waals surface area contributed by atoms with Crippen molar-refractivity contribution < 1.29 is 38.3 Å². The molecule has 20 heavy (non-hydrogen) atoms. The quantitative estimate of drug-likeness (QED) is 0.338. The van der Waals surface area contributed by atoms with Crippen molar-refractivity contribution in [2.45, 2.75) is 31.7 Å². The van der Waals surface area contributed by atoms with Gasteiger partial charge in [0.1, 0.15) is 12.6 Å². The Kier molecular flexibility index (Phi) is 8.39. The van der Waals surface area contributed by atoms with E-state index in [0.717, 1.165) is 0 Å². The molecule has 8 nitrogen and oxygen atoms in total. The molecule has 0 aliphatic rings. The molecule has 0 saturated carbocycles. The standard InChI is InChI=1S/C11H26NO7P/c1-9(14)8-18-20(16,17)19-11(5-10(15)7-13)6-12(2,3)4/h9-11,13-15H,5-8H2,1-4H3. The molecule has 4 atom stereocenters. The molecule has 0 bridgehead atoms. The smallest absolute Gasteiger partial charge is 0.268 e. The van der Waals surface area contributed by atoms with Gasteiger partial charge in [0, 0.05) is 6.42 Å². The maximum Gasteiger partial charge on any atom is 0.268 e. The first kappa shape index (κ1) is 19.9. The lowest BCUT2D eigenvalue weighted by Crippen LogP contribution is -2.44. The van der Waals surface area contributed by atoms with Crippen LogP contribution in [0, 0.1) is 0 Å².